The first-order valence-electron chi connectivity index (χ1n) is 6.11. The maximum Gasteiger partial charge on any atom is 0.122 e. The second kappa shape index (κ2) is 5.35. The van der Waals surface area contributed by atoms with Crippen LogP contribution >= 0.6 is 0 Å². The molecule has 1 N–H and O–H groups in total. The lowest BCUT2D eigenvalue weighted by Gasteiger charge is -2.37. The van der Waals surface area contributed by atoms with E-state index in [0.717, 1.165) is 30.6 Å². The van der Waals surface area contributed by atoms with Gasteiger partial charge in [0.2, 0.25) is 0 Å². The molecule has 1 aliphatic carbocycles. The van der Waals surface area contributed by atoms with E-state index in [-0.39, 0.29) is 0 Å². The fourth-order valence-corrected chi connectivity index (χ4v) is 2.59. The third-order valence-electron chi connectivity index (χ3n) is 3.72. The number of hydrogen-bond donors (Lipinski definition) is 1. The Balaban J connectivity index is 1.98. The Morgan fingerprint density at radius 1 is 1.25 bits per heavy atom. The Morgan fingerprint density at radius 2 is 2.00 bits per heavy atom. The van der Waals surface area contributed by atoms with Gasteiger partial charge < -0.3 is 10.1 Å². The summed E-state index contributed by atoms with van der Waals surface area (Å²) in [4.78, 5) is 0. The summed E-state index contributed by atoms with van der Waals surface area (Å²) in [5, 5.41) is 3.28. The molecule has 1 aromatic carbocycles. The third kappa shape index (κ3) is 2.38. The van der Waals surface area contributed by atoms with Crippen molar-refractivity contribution in [2.75, 3.05) is 20.7 Å². The zero-order valence-electron chi connectivity index (χ0n) is 10.2. The van der Waals surface area contributed by atoms with Gasteiger partial charge in [0.05, 0.1) is 7.11 Å². The van der Waals surface area contributed by atoms with Crippen molar-refractivity contribution in [3.05, 3.63) is 29.8 Å². The van der Waals surface area contributed by atoms with Gasteiger partial charge in [-0.2, -0.15) is 0 Å². The first kappa shape index (κ1) is 11.5. The van der Waals surface area contributed by atoms with Crippen LogP contribution < -0.4 is 10.1 Å². The van der Waals surface area contributed by atoms with E-state index < -0.39 is 0 Å². The Morgan fingerprint density at radius 3 is 2.62 bits per heavy atom. The SMILES string of the molecule is CNCC1CCC1Cc1ccccc1OC. The molecule has 16 heavy (non-hydrogen) atoms. The molecule has 0 saturated heterocycles. The largest absolute Gasteiger partial charge is 0.496 e. The molecule has 1 aliphatic rings. The second-order valence-electron chi connectivity index (χ2n) is 4.67. The van der Waals surface area contributed by atoms with Crippen molar-refractivity contribution in [1.29, 1.82) is 0 Å². The van der Waals surface area contributed by atoms with Crippen LogP contribution in [0.1, 0.15) is 18.4 Å². The highest BCUT2D eigenvalue weighted by atomic mass is 16.5. The molecule has 0 heterocycles. The van der Waals surface area contributed by atoms with Crippen LogP contribution in [0.15, 0.2) is 24.3 Å². The average molecular weight is 219 g/mol. The summed E-state index contributed by atoms with van der Waals surface area (Å²) in [7, 11) is 3.79. The third-order valence-corrected chi connectivity index (χ3v) is 3.72. The van der Waals surface area contributed by atoms with E-state index in [0.29, 0.717) is 0 Å². The number of benzene rings is 1. The molecule has 2 nitrogen and oxygen atoms in total. The van der Waals surface area contributed by atoms with Gasteiger partial charge in [0.1, 0.15) is 5.75 Å². The summed E-state index contributed by atoms with van der Waals surface area (Å²) in [6.07, 6.45) is 3.90. The molecular formula is C14H21NO. The molecule has 88 valence electrons. The predicted molar refractivity (Wildman–Crippen MR) is 66.8 cm³/mol. The summed E-state index contributed by atoms with van der Waals surface area (Å²) < 4.78 is 5.39. The summed E-state index contributed by atoms with van der Waals surface area (Å²) >= 11 is 0. The zero-order chi connectivity index (χ0) is 11.4. The molecular weight excluding hydrogens is 198 g/mol. The number of methoxy groups -OCH3 is 1. The maximum absolute atomic E-state index is 5.39. The van der Waals surface area contributed by atoms with Crippen molar-refractivity contribution in [2.45, 2.75) is 19.3 Å². The lowest BCUT2D eigenvalue weighted by Crippen LogP contribution is -2.35. The molecule has 1 aromatic rings. The lowest BCUT2D eigenvalue weighted by atomic mass is 9.70. The fourth-order valence-electron chi connectivity index (χ4n) is 2.59. The summed E-state index contributed by atoms with van der Waals surface area (Å²) in [5.41, 5.74) is 1.36. The second-order valence-corrected chi connectivity index (χ2v) is 4.67. The van der Waals surface area contributed by atoms with E-state index in [9.17, 15) is 0 Å². The molecule has 2 rings (SSSR count). The Labute approximate surface area is 98.0 Å². The van der Waals surface area contributed by atoms with Crippen LogP contribution in [0.3, 0.4) is 0 Å². The molecule has 0 aliphatic heterocycles. The van der Waals surface area contributed by atoms with E-state index in [2.05, 4.69) is 23.5 Å². The molecule has 1 saturated carbocycles. The van der Waals surface area contributed by atoms with Crippen LogP contribution in [-0.4, -0.2) is 20.7 Å². The van der Waals surface area contributed by atoms with E-state index in [4.69, 9.17) is 4.74 Å². The van der Waals surface area contributed by atoms with Crippen LogP contribution in [-0.2, 0) is 6.42 Å². The molecule has 2 atom stereocenters. The van der Waals surface area contributed by atoms with Gasteiger partial charge in [0.15, 0.2) is 0 Å². The van der Waals surface area contributed by atoms with Crippen molar-refractivity contribution in [2.24, 2.45) is 11.8 Å². The molecule has 0 radical (unpaired) electrons. The monoisotopic (exact) mass is 219 g/mol. The molecule has 2 unspecified atom stereocenters. The van der Waals surface area contributed by atoms with Crippen molar-refractivity contribution in [3.8, 4) is 5.75 Å². The number of nitrogens with one attached hydrogen (secondary N) is 1. The topological polar surface area (TPSA) is 21.3 Å². The van der Waals surface area contributed by atoms with E-state index >= 15 is 0 Å². The zero-order valence-corrected chi connectivity index (χ0v) is 10.2. The minimum Gasteiger partial charge on any atom is -0.496 e. The maximum atomic E-state index is 5.39. The molecule has 0 spiro atoms. The number of hydrogen-bond acceptors (Lipinski definition) is 2. The molecule has 2 heteroatoms. The predicted octanol–water partition coefficient (Wildman–Crippen LogP) is 2.48. The number of rotatable bonds is 5. The Hall–Kier alpha value is -1.02. The van der Waals surface area contributed by atoms with Gasteiger partial charge in [-0.1, -0.05) is 18.2 Å². The number of ether oxygens (including phenoxy) is 1. The molecule has 0 bridgehead atoms. The highest BCUT2D eigenvalue weighted by molar-refractivity contribution is 5.33. The average Bonchev–Trinajstić information content (AvgIpc) is 2.32. The molecule has 1 fully saturated rings. The van der Waals surface area contributed by atoms with Crippen molar-refractivity contribution in [3.63, 3.8) is 0 Å². The van der Waals surface area contributed by atoms with Gasteiger partial charge in [-0.05, 0) is 56.3 Å². The van der Waals surface area contributed by atoms with Crippen LogP contribution in [0.5, 0.6) is 5.75 Å². The summed E-state index contributed by atoms with van der Waals surface area (Å²) in [6.45, 7) is 1.15. The van der Waals surface area contributed by atoms with Crippen LogP contribution in [0, 0.1) is 11.8 Å². The van der Waals surface area contributed by atoms with E-state index in [1.54, 1.807) is 7.11 Å². The highest BCUT2D eigenvalue weighted by Crippen LogP contribution is 2.37. The van der Waals surface area contributed by atoms with Gasteiger partial charge in [-0.15, -0.1) is 0 Å². The lowest BCUT2D eigenvalue weighted by molar-refractivity contribution is 0.173. The summed E-state index contributed by atoms with van der Waals surface area (Å²) in [6, 6.07) is 8.38. The smallest absolute Gasteiger partial charge is 0.122 e. The van der Waals surface area contributed by atoms with Crippen LogP contribution in [0.25, 0.3) is 0 Å². The van der Waals surface area contributed by atoms with Gasteiger partial charge >= 0.3 is 0 Å². The minimum atomic E-state index is 0.837. The minimum absolute atomic E-state index is 0.837. The quantitative estimate of drug-likeness (QED) is 0.821. The standard InChI is InChI=1S/C14H21NO/c1-15-10-13-8-7-11(13)9-12-5-3-4-6-14(12)16-2/h3-6,11,13,15H,7-10H2,1-2H3. The summed E-state index contributed by atoms with van der Waals surface area (Å²) in [5.74, 6) is 2.73. The number of para-hydroxylation sites is 1. The van der Waals surface area contributed by atoms with E-state index in [1.807, 2.05) is 13.1 Å². The van der Waals surface area contributed by atoms with Gasteiger partial charge in [-0.3, -0.25) is 0 Å². The van der Waals surface area contributed by atoms with Crippen molar-refractivity contribution < 1.29 is 4.74 Å². The first-order valence-corrected chi connectivity index (χ1v) is 6.11. The van der Waals surface area contributed by atoms with Crippen LogP contribution in [0.2, 0.25) is 0 Å². The fraction of sp³-hybridized carbons (Fsp3) is 0.571. The highest BCUT2D eigenvalue weighted by Gasteiger charge is 2.30. The van der Waals surface area contributed by atoms with Crippen molar-refractivity contribution in [1.82, 2.24) is 5.32 Å². The van der Waals surface area contributed by atoms with Gasteiger partial charge in [0, 0.05) is 0 Å². The Kier molecular flexibility index (Phi) is 3.83. The van der Waals surface area contributed by atoms with Crippen LogP contribution in [0.4, 0.5) is 0 Å². The van der Waals surface area contributed by atoms with E-state index in [1.165, 1.54) is 18.4 Å². The molecule has 0 aromatic heterocycles. The normalized spacial score (nSPS) is 23.9. The first-order chi connectivity index (χ1) is 7.85. The molecule has 0 amide bonds. The van der Waals surface area contributed by atoms with Gasteiger partial charge in [-0.25, -0.2) is 0 Å². The Bertz CT molecular complexity index is 337. The van der Waals surface area contributed by atoms with Gasteiger partial charge in [0.25, 0.3) is 0 Å². The van der Waals surface area contributed by atoms with Crippen molar-refractivity contribution >= 4 is 0 Å².